The third-order valence-electron chi connectivity index (χ3n) is 4.15. The van der Waals surface area contributed by atoms with Crippen LogP contribution in [0.5, 0.6) is 0 Å². The van der Waals surface area contributed by atoms with Crippen LogP contribution in [0.4, 0.5) is 20.6 Å². The number of carbonyl (C=O) groups is 2. The number of carbonyl (C=O) groups excluding carboxylic acids is 2. The fraction of sp³-hybridized carbons (Fsp3) is 0.333. The number of benzene rings is 2. The number of nitrogens with zero attached hydrogens (tertiary/aromatic N) is 1. The molecular formula is C21H26ClFN4O2. The van der Waals surface area contributed by atoms with Gasteiger partial charge in [0.05, 0.1) is 10.7 Å². The van der Waals surface area contributed by atoms with Gasteiger partial charge in [0.15, 0.2) is 0 Å². The van der Waals surface area contributed by atoms with Crippen molar-refractivity contribution < 1.29 is 14.0 Å². The molecule has 2 aromatic rings. The number of anilines is 2. The number of hydrogen-bond donors (Lipinski definition) is 3. The second-order valence-corrected chi connectivity index (χ2v) is 7.24. The molecule has 8 heteroatoms. The van der Waals surface area contributed by atoms with Crippen LogP contribution in [0.15, 0.2) is 42.5 Å². The van der Waals surface area contributed by atoms with Crippen LogP contribution < -0.4 is 16.0 Å². The van der Waals surface area contributed by atoms with Gasteiger partial charge in [-0.25, -0.2) is 9.18 Å². The van der Waals surface area contributed by atoms with Crippen LogP contribution in [0.2, 0.25) is 5.02 Å². The zero-order valence-corrected chi connectivity index (χ0v) is 17.4. The van der Waals surface area contributed by atoms with Crippen molar-refractivity contribution in [1.82, 2.24) is 10.2 Å². The van der Waals surface area contributed by atoms with E-state index in [2.05, 4.69) is 20.9 Å². The van der Waals surface area contributed by atoms with Gasteiger partial charge in [0.1, 0.15) is 5.82 Å². The summed E-state index contributed by atoms with van der Waals surface area (Å²) in [5.41, 5.74) is 2.04. The Morgan fingerprint density at radius 2 is 1.79 bits per heavy atom. The minimum Gasteiger partial charge on any atom is -0.338 e. The van der Waals surface area contributed by atoms with Crippen molar-refractivity contribution in [2.75, 3.05) is 30.8 Å². The molecule has 29 heavy (non-hydrogen) atoms. The molecule has 0 aromatic heterocycles. The smallest absolute Gasteiger partial charge is 0.319 e. The Balaban J connectivity index is 1.67. The Kier molecular flexibility index (Phi) is 8.89. The second-order valence-electron chi connectivity index (χ2n) is 6.83. The van der Waals surface area contributed by atoms with Gasteiger partial charge < -0.3 is 20.9 Å². The Morgan fingerprint density at radius 1 is 1.07 bits per heavy atom. The van der Waals surface area contributed by atoms with Crippen LogP contribution in [-0.2, 0) is 11.3 Å². The molecule has 0 saturated carbocycles. The van der Waals surface area contributed by atoms with Gasteiger partial charge in [-0.3, -0.25) is 4.79 Å². The molecule has 0 unspecified atom stereocenters. The summed E-state index contributed by atoms with van der Waals surface area (Å²) in [7, 11) is 2.01. The molecule has 0 aliphatic rings. The molecule has 2 rings (SSSR count). The zero-order chi connectivity index (χ0) is 21.2. The molecule has 0 spiro atoms. The minimum atomic E-state index is -0.355. The van der Waals surface area contributed by atoms with Gasteiger partial charge in [0, 0.05) is 25.7 Å². The van der Waals surface area contributed by atoms with Gasteiger partial charge in [-0.15, -0.1) is 0 Å². The molecule has 3 amide bonds. The number of halogens is 2. The lowest BCUT2D eigenvalue weighted by Gasteiger charge is -2.16. The second kappa shape index (κ2) is 11.4. The quantitative estimate of drug-likeness (QED) is 0.524. The summed E-state index contributed by atoms with van der Waals surface area (Å²) < 4.78 is 12.9. The van der Waals surface area contributed by atoms with Crippen molar-refractivity contribution in [1.29, 1.82) is 0 Å². The van der Waals surface area contributed by atoms with E-state index in [1.165, 1.54) is 19.1 Å². The Hall–Kier alpha value is -2.64. The summed E-state index contributed by atoms with van der Waals surface area (Å²) in [5.74, 6) is -0.434. The van der Waals surface area contributed by atoms with Crippen LogP contribution in [0, 0.1) is 5.82 Å². The molecule has 0 atom stereocenters. The molecule has 0 aliphatic carbocycles. The fourth-order valence-electron chi connectivity index (χ4n) is 2.76. The van der Waals surface area contributed by atoms with E-state index in [0.717, 1.165) is 31.5 Å². The molecule has 3 N–H and O–H groups in total. The number of rotatable bonds is 9. The van der Waals surface area contributed by atoms with E-state index in [0.29, 0.717) is 22.9 Å². The Morgan fingerprint density at radius 3 is 2.48 bits per heavy atom. The first kappa shape index (κ1) is 22.6. The molecule has 0 fully saturated rings. The van der Waals surface area contributed by atoms with Crippen molar-refractivity contribution in [3.8, 4) is 0 Å². The number of amides is 3. The summed E-state index contributed by atoms with van der Waals surface area (Å²) in [5, 5.41) is 8.51. The van der Waals surface area contributed by atoms with Crippen molar-refractivity contribution in [2.24, 2.45) is 0 Å². The third-order valence-corrected chi connectivity index (χ3v) is 4.48. The molecule has 0 bridgehead atoms. The first-order valence-electron chi connectivity index (χ1n) is 9.38. The largest absolute Gasteiger partial charge is 0.338 e. The first-order valence-corrected chi connectivity index (χ1v) is 9.76. The lowest BCUT2D eigenvalue weighted by molar-refractivity contribution is -0.114. The van der Waals surface area contributed by atoms with Gasteiger partial charge in [-0.2, -0.15) is 0 Å². The molecule has 156 valence electrons. The monoisotopic (exact) mass is 420 g/mol. The van der Waals surface area contributed by atoms with Crippen molar-refractivity contribution in [2.45, 2.75) is 26.3 Å². The fourth-order valence-corrected chi connectivity index (χ4v) is 2.92. The predicted octanol–water partition coefficient (Wildman–Crippen LogP) is 4.47. The van der Waals surface area contributed by atoms with Crippen molar-refractivity contribution in [3.63, 3.8) is 0 Å². The van der Waals surface area contributed by atoms with Gasteiger partial charge in [-0.05, 0) is 62.3 Å². The first-order chi connectivity index (χ1) is 13.8. The molecule has 0 aliphatic heterocycles. The topological polar surface area (TPSA) is 73.5 Å². The van der Waals surface area contributed by atoms with E-state index < -0.39 is 0 Å². The summed E-state index contributed by atoms with van der Waals surface area (Å²) in [6.07, 6.45) is 1.73. The average molecular weight is 421 g/mol. The van der Waals surface area contributed by atoms with Gasteiger partial charge in [-0.1, -0.05) is 23.7 Å². The molecule has 6 nitrogen and oxygen atoms in total. The average Bonchev–Trinajstić information content (AvgIpc) is 2.65. The van der Waals surface area contributed by atoms with E-state index in [1.54, 1.807) is 30.3 Å². The SMILES string of the molecule is CC(=O)Nc1ccc(Cl)c(NC(=O)NCCCCN(C)Cc2ccc(F)cc2)c1. The summed E-state index contributed by atoms with van der Waals surface area (Å²) in [6, 6.07) is 11.0. The number of urea groups is 1. The van der Waals surface area contributed by atoms with Crippen LogP contribution >= 0.6 is 11.6 Å². The van der Waals surface area contributed by atoms with Gasteiger partial charge >= 0.3 is 6.03 Å². The number of hydrogen-bond acceptors (Lipinski definition) is 3. The van der Waals surface area contributed by atoms with Crippen LogP contribution in [-0.4, -0.2) is 37.0 Å². The molecular weight excluding hydrogens is 395 g/mol. The van der Waals surface area contributed by atoms with E-state index in [9.17, 15) is 14.0 Å². The highest BCUT2D eigenvalue weighted by atomic mass is 35.5. The standard InChI is InChI=1S/C21H26ClFN4O2/c1-15(28)25-18-9-10-19(22)20(13-18)26-21(29)24-11-3-4-12-27(2)14-16-5-7-17(23)8-6-16/h5-10,13H,3-4,11-12,14H2,1-2H3,(H,25,28)(H2,24,26,29). The van der Waals surface area contributed by atoms with Crippen molar-refractivity contribution in [3.05, 3.63) is 58.9 Å². The minimum absolute atomic E-state index is 0.202. The molecule has 0 saturated heterocycles. The zero-order valence-electron chi connectivity index (χ0n) is 16.6. The summed E-state index contributed by atoms with van der Waals surface area (Å²) in [4.78, 5) is 25.3. The highest BCUT2D eigenvalue weighted by Gasteiger charge is 2.07. The molecule has 2 aromatic carbocycles. The number of unbranched alkanes of at least 4 members (excludes halogenated alkanes) is 1. The summed E-state index contributed by atoms with van der Waals surface area (Å²) in [6.45, 7) is 3.55. The molecule has 0 radical (unpaired) electrons. The Labute approximate surface area is 175 Å². The third kappa shape index (κ3) is 8.50. The lowest BCUT2D eigenvalue weighted by atomic mass is 10.2. The Bertz CT molecular complexity index is 830. The van der Waals surface area contributed by atoms with Crippen LogP contribution in [0.25, 0.3) is 0 Å². The predicted molar refractivity (Wildman–Crippen MR) is 115 cm³/mol. The van der Waals surface area contributed by atoms with Crippen LogP contribution in [0.3, 0.4) is 0 Å². The highest BCUT2D eigenvalue weighted by Crippen LogP contribution is 2.25. The maximum atomic E-state index is 12.9. The van der Waals surface area contributed by atoms with Gasteiger partial charge in [0.25, 0.3) is 0 Å². The van der Waals surface area contributed by atoms with Crippen LogP contribution in [0.1, 0.15) is 25.3 Å². The van der Waals surface area contributed by atoms with E-state index >= 15 is 0 Å². The van der Waals surface area contributed by atoms with E-state index in [-0.39, 0.29) is 17.8 Å². The van der Waals surface area contributed by atoms with Gasteiger partial charge in [0.2, 0.25) is 5.91 Å². The maximum absolute atomic E-state index is 12.9. The normalized spacial score (nSPS) is 10.7. The molecule has 0 heterocycles. The maximum Gasteiger partial charge on any atom is 0.319 e. The number of nitrogens with one attached hydrogen (secondary N) is 3. The highest BCUT2D eigenvalue weighted by molar-refractivity contribution is 6.33. The summed E-state index contributed by atoms with van der Waals surface area (Å²) >= 11 is 6.09. The lowest BCUT2D eigenvalue weighted by Crippen LogP contribution is -2.30. The van der Waals surface area contributed by atoms with E-state index in [1.807, 2.05) is 7.05 Å². The van der Waals surface area contributed by atoms with Crippen molar-refractivity contribution >= 4 is 34.9 Å². The van der Waals surface area contributed by atoms with E-state index in [4.69, 9.17) is 11.6 Å².